The summed E-state index contributed by atoms with van der Waals surface area (Å²) in [6.07, 6.45) is 5.58. The van der Waals surface area contributed by atoms with E-state index in [0.29, 0.717) is 11.6 Å². The molecule has 1 saturated heterocycles. The molecule has 1 fully saturated rings. The smallest absolute Gasteiger partial charge is 0.252 e. The first-order valence-electron chi connectivity index (χ1n) is 11.2. The Balaban J connectivity index is 1.71. The lowest BCUT2D eigenvalue weighted by Gasteiger charge is -2.36. The van der Waals surface area contributed by atoms with Crippen LogP contribution in [0.25, 0.3) is 10.9 Å². The minimum atomic E-state index is -0.0318. The van der Waals surface area contributed by atoms with E-state index in [-0.39, 0.29) is 11.9 Å². The van der Waals surface area contributed by atoms with Crippen molar-refractivity contribution >= 4 is 22.6 Å². The first kappa shape index (κ1) is 20.4. The molecule has 2 aromatic carbocycles. The molecule has 2 unspecified atom stereocenters. The topological polar surface area (TPSA) is 45.2 Å². The van der Waals surface area contributed by atoms with Crippen molar-refractivity contribution in [2.75, 3.05) is 11.4 Å². The summed E-state index contributed by atoms with van der Waals surface area (Å²) in [5, 5.41) is 4.17. The minimum Gasteiger partial charge on any atom is -0.354 e. The summed E-state index contributed by atoms with van der Waals surface area (Å²) in [4.78, 5) is 20.8. The number of nitrogens with one attached hydrogen (secondary N) is 1. The SMILES string of the molecule is CCC(NC(=O)c1cc(N2CCCCC2CC)nc2ccccc12)c1ccccc1. The van der Waals surface area contributed by atoms with Crippen LogP contribution < -0.4 is 10.2 Å². The number of benzene rings is 2. The average Bonchev–Trinajstić information content (AvgIpc) is 2.82. The van der Waals surface area contributed by atoms with Crippen LogP contribution in [0, 0.1) is 0 Å². The van der Waals surface area contributed by atoms with Crippen LogP contribution in [0.15, 0.2) is 60.7 Å². The number of amides is 1. The fourth-order valence-electron chi connectivity index (χ4n) is 4.57. The van der Waals surface area contributed by atoms with Crippen molar-refractivity contribution in [2.24, 2.45) is 0 Å². The van der Waals surface area contributed by atoms with Crippen LogP contribution in [0.4, 0.5) is 5.82 Å². The molecular formula is C26H31N3O. The summed E-state index contributed by atoms with van der Waals surface area (Å²) >= 11 is 0. The molecule has 156 valence electrons. The van der Waals surface area contributed by atoms with E-state index in [9.17, 15) is 4.79 Å². The molecule has 2 heterocycles. The minimum absolute atomic E-state index is 0.00699. The number of carbonyl (C=O) groups is 1. The van der Waals surface area contributed by atoms with E-state index in [1.807, 2.05) is 48.5 Å². The van der Waals surface area contributed by atoms with Crippen molar-refractivity contribution in [1.29, 1.82) is 0 Å². The monoisotopic (exact) mass is 401 g/mol. The first-order chi connectivity index (χ1) is 14.7. The molecule has 0 saturated carbocycles. The van der Waals surface area contributed by atoms with Gasteiger partial charge < -0.3 is 10.2 Å². The molecule has 4 heteroatoms. The van der Waals surface area contributed by atoms with Crippen molar-refractivity contribution < 1.29 is 4.79 Å². The van der Waals surface area contributed by atoms with Gasteiger partial charge in [-0.1, -0.05) is 62.4 Å². The number of hydrogen-bond acceptors (Lipinski definition) is 3. The molecule has 0 aliphatic carbocycles. The van der Waals surface area contributed by atoms with Gasteiger partial charge in [0.25, 0.3) is 5.91 Å². The molecule has 1 aliphatic heterocycles. The van der Waals surface area contributed by atoms with E-state index in [1.165, 1.54) is 19.3 Å². The van der Waals surface area contributed by atoms with Gasteiger partial charge in [-0.3, -0.25) is 4.79 Å². The Hall–Kier alpha value is -2.88. The Morgan fingerprint density at radius 3 is 2.63 bits per heavy atom. The normalized spacial score (nSPS) is 17.7. The largest absolute Gasteiger partial charge is 0.354 e. The number of anilines is 1. The van der Waals surface area contributed by atoms with Crippen molar-refractivity contribution in [2.45, 2.75) is 58.0 Å². The summed E-state index contributed by atoms with van der Waals surface area (Å²) in [5.41, 5.74) is 2.73. The Labute approximate surface area is 179 Å². The lowest BCUT2D eigenvalue weighted by Crippen LogP contribution is -2.40. The maximum Gasteiger partial charge on any atom is 0.252 e. The zero-order valence-corrected chi connectivity index (χ0v) is 18.0. The number of para-hydroxylation sites is 1. The molecule has 2 atom stereocenters. The number of hydrogen-bond donors (Lipinski definition) is 1. The van der Waals surface area contributed by atoms with Gasteiger partial charge in [0.1, 0.15) is 5.82 Å². The number of nitrogens with zero attached hydrogens (tertiary/aromatic N) is 2. The molecule has 0 spiro atoms. The maximum absolute atomic E-state index is 13.4. The van der Waals surface area contributed by atoms with Gasteiger partial charge in [0, 0.05) is 18.0 Å². The molecule has 1 N–H and O–H groups in total. The Morgan fingerprint density at radius 2 is 1.87 bits per heavy atom. The standard InChI is InChI=1S/C26H31N3O/c1-3-20-14-10-11-17-29(20)25-18-22(21-15-8-9-16-24(21)27-25)26(30)28-23(4-2)19-12-6-5-7-13-19/h5-9,12-13,15-16,18,20,23H,3-4,10-11,14,17H2,1-2H3,(H,28,30). The van der Waals surface area contributed by atoms with Gasteiger partial charge in [0.15, 0.2) is 0 Å². The van der Waals surface area contributed by atoms with Gasteiger partial charge >= 0.3 is 0 Å². The van der Waals surface area contributed by atoms with Gasteiger partial charge in [-0.2, -0.15) is 0 Å². The highest BCUT2D eigenvalue weighted by molar-refractivity contribution is 6.07. The zero-order chi connectivity index (χ0) is 20.9. The summed E-state index contributed by atoms with van der Waals surface area (Å²) in [6, 6.07) is 20.7. The fourth-order valence-corrected chi connectivity index (χ4v) is 4.57. The molecule has 0 radical (unpaired) electrons. The van der Waals surface area contributed by atoms with E-state index in [2.05, 4.69) is 36.2 Å². The second-order valence-corrected chi connectivity index (χ2v) is 8.14. The molecule has 3 aromatic rings. The maximum atomic E-state index is 13.4. The second kappa shape index (κ2) is 9.29. The number of carbonyl (C=O) groups excluding carboxylic acids is 1. The van der Waals surface area contributed by atoms with E-state index in [0.717, 1.165) is 41.7 Å². The van der Waals surface area contributed by atoms with E-state index in [1.54, 1.807) is 0 Å². The van der Waals surface area contributed by atoms with Gasteiger partial charge in [-0.25, -0.2) is 4.98 Å². The van der Waals surface area contributed by atoms with Crippen molar-refractivity contribution in [3.8, 4) is 0 Å². The van der Waals surface area contributed by atoms with Crippen molar-refractivity contribution in [1.82, 2.24) is 10.3 Å². The van der Waals surface area contributed by atoms with Gasteiger partial charge in [-0.05, 0) is 49.8 Å². The highest BCUT2D eigenvalue weighted by atomic mass is 16.1. The summed E-state index contributed by atoms with van der Waals surface area (Å²) < 4.78 is 0. The number of fused-ring (bicyclic) bond motifs is 1. The molecule has 1 aliphatic rings. The van der Waals surface area contributed by atoms with Gasteiger partial charge in [-0.15, -0.1) is 0 Å². The van der Waals surface area contributed by atoms with Crippen LogP contribution in [0.3, 0.4) is 0 Å². The third-order valence-corrected chi connectivity index (χ3v) is 6.26. The average molecular weight is 402 g/mol. The summed E-state index contributed by atoms with van der Waals surface area (Å²) in [6.45, 7) is 5.35. The Bertz CT molecular complexity index is 1000. The van der Waals surface area contributed by atoms with Crippen molar-refractivity contribution in [3.63, 3.8) is 0 Å². The van der Waals surface area contributed by atoms with Crippen LogP contribution in [0.2, 0.25) is 0 Å². The number of aromatic nitrogens is 1. The van der Waals surface area contributed by atoms with E-state index < -0.39 is 0 Å². The molecule has 30 heavy (non-hydrogen) atoms. The zero-order valence-electron chi connectivity index (χ0n) is 18.0. The molecule has 1 aromatic heterocycles. The Morgan fingerprint density at radius 1 is 1.10 bits per heavy atom. The number of rotatable bonds is 6. The molecule has 0 bridgehead atoms. The Kier molecular flexibility index (Phi) is 6.32. The van der Waals surface area contributed by atoms with Crippen LogP contribution in [0.1, 0.15) is 67.9 Å². The van der Waals surface area contributed by atoms with Crippen LogP contribution in [-0.2, 0) is 0 Å². The van der Waals surface area contributed by atoms with E-state index in [4.69, 9.17) is 4.98 Å². The van der Waals surface area contributed by atoms with E-state index >= 15 is 0 Å². The molecule has 4 rings (SSSR count). The van der Waals surface area contributed by atoms with Crippen molar-refractivity contribution in [3.05, 3.63) is 71.8 Å². The predicted octanol–water partition coefficient (Wildman–Crippen LogP) is 5.88. The van der Waals surface area contributed by atoms with Crippen LogP contribution in [0.5, 0.6) is 0 Å². The first-order valence-corrected chi connectivity index (χ1v) is 11.2. The number of pyridine rings is 1. The third-order valence-electron chi connectivity index (χ3n) is 6.26. The highest BCUT2D eigenvalue weighted by Gasteiger charge is 2.24. The highest BCUT2D eigenvalue weighted by Crippen LogP contribution is 2.29. The second-order valence-electron chi connectivity index (χ2n) is 8.14. The van der Waals surface area contributed by atoms with Crippen LogP contribution in [-0.4, -0.2) is 23.5 Å². The van der Waals surface area contributed by atoms with Gasteiger partial charge in [0.05, 0.1) is 17.1 Å². The molecule has 1 amide bonds. The predicted molar refractivity (Wildman–Crippen MR) is 124 cm³/mol. The quantitative estimate of drug-likeness (QED) is 0.560. The number of piperidine rings is 1. The van der Waals surface area contributed by atoms with Crippen LogP contribution >= 0.6 is 0 Å². The lowest BCUT2D eigenvalue weighted by molar-refractivity contribution is 0.0937. The summed E-state index contributed by atoms with van der Waals surface area (Å²) in [7, 11) is 0. The summed E-state index contributed by atoms with van der Waals surface area (Å²) in [5.74, 6) is 0.897. The van der Waals surface area contributed by atoms with Gasteiger partial charge in [0.2, 0.25) is 0 Å². The lowest BCUT2D eigenvalue weighted by atomic mass is 9.99. The third kappa shape index (κ3) is 4.18. The molecular weight excluding hydrogens is 370 g/mol. The molecule has 4 nitrogen and oxygen atoms in total. The fraction of sp³-hybridized carbons (Fsp3) is 0.385.